The van der Waals surface area contributed by atoms with Gasteiger partial charge in [0.05, 0.1) is 5.69 Å². The largest absolute Gasteiger partial charge is 0.464 e. The Balaban J connectivity index is 3.12. The number of halogens is 1. The highest BCUT2D eigenvalue weighted by atomic mass is 79.9. The molecule has 1 N–H and O–H groups in total. The summed E-state index contributed by atoms with van der Waals surface area (Å²) in [6.07, 6.45) is -1.28. The Morgan fingerprint density at radius 3 is 2.50 bits per heavy atom. The zero-order valence-electron chi connectivity index (χ0n) is 7.40. The second-order valence-electron chi connectivity index (χ2n) is 2.62. The van der Waals surface area contributed by atoms with Gasteiger partial charge in [-0.2, -0.15) is 0 Å². The molecule has 5 heteroatoms. The Morgan fingerprint density at radius 2 is 2.07 bits per heavy atom. The van der Waals surface area contributed by atoms with Gasteiger partial charge in [-0.05, 0) is 18.2 Å². The summed E-state index contributed by atoms with van der Waals surface area (Å²) in [4.78, 5) is 22.5. The van der Waals surface area contributed by atoms with Gasteiger partial charge >= 0.3 is 6.09 Å². The first-order valence-corrected chi connectivity index (χ1v) is 4.61. The van der Waals surface area contributed by atoms with E-state index in [4.69, 9.17) is 5.11 Å². The van der Waals surface area contributed by atoms with Crippen molar-refractivity contribution in [3.8, 4) is 0 Å². The first-order chi connectivity index (χ1) is 6.52. The van der Waals surface area contributed by atoms with Crippen molar-refractivity contribution in [2.24, 2.45) is 0 Å². The number of nitrogens with zero attached hydrogens (tertiary/aromatic N) is 1. The first kappa shape index (κ1) is 10.7. The lowest BCUT2D eigenvalue weighted by atomic mass is 10.3. The molecular formula is C9H8BrNO3. The first-order valence-electron chi connectivity index (χ1n) is 3.81. The quantitative estimate of drug-likeness (QED) is 0.841. The van der Waals surface area contributed by atoms with Gasteiger partial charge in [0.2, 0.25) is 5.91 Å². The van der Waals surface area contributed by atoms with E-state index < -0.39 is 12.0 Å². The zero-order valence-corrected chi connectivity index (χ0v) is 8.98. The standard InChI is InChI=1S/C9H8BrNO3/c1-6(12)11(9(13)14)8-4-2-3-7(10)5-8/h2-5H,1H3,(H,13,14). The summed E-state index contributed by atoms with van der Waals surface area (Å²) in [5, 5.41) is 8.78. The monoisotopic (exact) mass is 257 g/mol. The Morgan fingerprint density at radius 1 is 1.43 bits per heavy atom. The number of anilines is 1. The number of hydrogen-bond acceptors (Lipinski definition) is 2. The fourth-order valence-corrected chi connectivity index (χ4v) is 1.43. The van der Waals surface area contributed by atoms with Gasteiger partial charge < -0.3 is 5.11 Å². The molecule has 0 unspecified atom stereocenters. The molecule has 0 spiro atoms. The van der Waals surface area contributed by atoms with Crippen LogP contribution in [-0.4, -0.2) is 17.1 Å². The van der Waals surface area contributed by atoms with Crippen molar-refractivity contribution in [2.45, 2.75) is 6.92 Å². The molecule has 1 aromatic carbocycles. The molecule has 0 heterocycles. The second kappa shape index (κ2) is 4.23. The van der Waals surface area contributed by atoms with E-state index >= 15 is 0 Å². The maximum atomic E-state index is 11.0. The molecule has 0 bridgehead atoms. The van der Waals surface area contributed by atoms with Gasteiger partial charge in [0, 0.05) is 11.4 Å². The minimum absolute atomic E-state index is 0.333. The highest BCUT2D eigenvalue weighted by Crippen LogP contribution is 2.20. The summed E-state index contributed by atoms with van der Waals surface area (Å²) in [6, 6.07) is 6.54. The molecule has 0 saturated carbocycles. The SMILES string of the molecule is CC(=O)N(C(=O)O)c1cccc(Br)c1. The van der Waals surface area contributed by atoms with Crippen LogP contribution in [-0.2, 0) is 4.79 Å². The number of carboxylic acid groups (broad SMARTS) is 1. The number of amides is 2. The maximum Gasteiger partial charge on any atom is 0.418 e. The predicted octanol–water partition coefficient (Wildman–Crippen LogP) is 2.48. The van der Waals surface area contributed by atoms with Crippen molar-refractivity contribution in [1.82, 2.24) is 0 Å². The van der Waals surface area contributed by atoms with Crippen LogP contribution in [0.4, 0.5) is 10.5 Å². The van der Waals surface area contributed by atoms with Gasteiger partial charge in [0.15, 0.2) is 0 Å². The molecule has 0 aromatic heterocycles. The van der Waals surface area contributed by atoms with Crippen LogP contribution in [0, 0.1) is 0 Å². The van der Waals surface area contributed by atoms with E-state index in [1.54, 1.807) is 24.3 Å². The molecule has 0 aliphatic carbocycles. The molecule has 0 fully saturated rings. The maximum absolute atomic E-state index is 11.0. The van der Waals surface area contributed by atoms with Crippen molar-refractivity contribution in [3.63, 3.8) is 0 Å². The minimum atomic E-state index is -1.28. The normalized spacial score (nSPS) is 9.57. The number of benzene rings is 1. The van der Waals surface area contributed by atoms with Crippen LogP contribution in [0.15, 0.2) is 28.7 Å². The predicted molar refractivity (Wildman–Crippen MR) is 55.3 cm³/mol. The fourth-order valence-electron chi connectivity index (χ4n) is 1.04. The van der Waals surface area contributed by atoms with Crippen molar-refractivity contribution >= 4 is 33.6 Å². The van der Waals surface area contributed by atoms with Crippen LogP contribution in [0.2, 0.25) is 0 Å². The lowest BCUT2D eigenvalue weighted by molar-refractivity contribution is -0.116. The van der Waals surface area contributed by atoms with Gasteiger partial charge in [-0.25, -0.2) is 9.69 Å². The number of carbonyl (C=O) groups is 2. The molecule has 0 aliphatic rings. The molecular weight excluding hydrogens is 250 g/mol. The summed E-state index contributed by atoms with van der Waals surface area (Å²) < 4.78 is 0.725. The highest BCUT2D eigenvalue weighted by Gasteiger charge is 2.18. The van der Waals surface area contributed by atoms with E-state index in [1.165, 1.54) is 6.92 Å². The third kappa shape index (κ3) is 2.32. The van der Waals surface area contributed by atoms with Crippen LogP contribution in [0.5, 0.6) is 0 Å². The third-order valence-electron chi connectivity index (χ3n) is 1.57. The smallest absolute Gasteiger partial charge is 0.418 e. The van der Waals surface area contributed by atoms with Crippen molar-refractivity contribution < 1.29 is 14.7 Å². The Hall–Kier alpha value is -1.36. The van der Waals surface area contributed by atoms with Gasteiger partial charge in [-0.15, -0.1) is 0 Å². The molecule has 74 valence electrons. The Bertz CT molecular complexity index is 364. The summed E-state index contributed by atoms with van der Waals surface area (Å²) >= 11 is 3.20. The average molecular weight is 258 g/mol. The molecule has 4 nitrogen and oxygen atoms in total. The van der Waals surface area contributed by atoms with Crippen molar-refractivity contribution in [1.29, 1.82) is 0 Å². The van der Waals surface area contributed by atoms with E-state index in [2.05, 4.69) is 15.9 Å². The van der Waals surface area contributed by atoms with Crippen LogP contribution < -0.4 is 4.90 Å². The van der Waals surface area contributed by atoms with Crippen molar-refractivity contribution in [3.05, 3.63) is 28.7 Å². The van der Waals surface area contributed by atoms with E-state index in [0.717, 1.165) is 4.47 Å². The Kier molecular flexibility index (Phi) is 3.24. The molecule has 1 rings (SSSR count). The van der Waals surface area contributed by atoms with E-state index in [9.17, 15) is 9.59 Å². The number of rotatable bonds is 1. The molecule has 2 amide bonds. The Labute approximate surface area is 89.3 Å². The molecule has 0 aliphatic heterocycles. The highest BCUT2D eigenvalue weighted by molar-refractivity contribution is 9.10. The van der Waals surface area contributed by atoms with E-state index in [1.807, 2.05) is 0 Å². The second-order valence-corrected chi connectivity index (χ2v) is 3.53. The third-order valence-corrected chi connectivity index (χ3v) is 2.07. The van der Waals surface area contributed by atoms with Crippen LogP contribution in [0.25, 0.3) is 0 Å². The molecule has 14 heavy (non-hydrogen) atoms. The topological polar surface area (TPSA) is 57.6 Å². The van der Waals surface area contributed by atoms with E-state index in [-0.39, 0.29) is 0 Å². The van der Waals surface area contributed by atoms with Crippen LogP contribution in [0.3, 0.4) is 0 Å². The number of imide groups is 1. The number of carbonyl (C=O) groups excluding carboxylic acids is 1. The van der Waals surface area contributed by atoms with Gasteiger partial charge in [0.25, 0.3) is 0 Å². The van der Waals surface area contributed by atoms with Crippen LogP contribution >= 0.6 is 15.9 Å². The van der Waals surface area contributed by atoms with E-state index in [0.29, 0.717) is 10.6 Å². The average Bonchev–Trinajstić information content (AvgIpc) is 2.02. The molecule has 0 radical (unpaired) electrons. The zero-order chi connectivity index (χ0) is 10.7. The lowest BCUT2D eigenvalue weighted by Crippen LogP contribution is -2.33. The summed E-state index contributed by atoms with van der Waals surface area (Å²) in [5.41, 5.74) is 0.333. The van der Waals surface area contributed by atoms with Crippen LogP contribution in [0.1, 0.15) is 6.92 Å². The molecule has 1 aromatic rings. The number of hydrogen-bond donors (Lipinski definition) is 1. The molecule has 0 saturated heterocycles. The lowest BCUT2D eigenvalue weighted by Gasteiger charge is -2.14. The van der Waals surface area contributed by atoms with Gasteiger partial charge in [-0.3, -0.25) is 4.79 Å². The van der Waals surface area contributed by atoms with Gasteiger partial charge in [0.1, 0.15) is 0 Å². The summed E-state index contributed by atoms with van der Waals surface area (Å²) in [7, 11) is 0. The minimum Gasteiger partial charge on any atom is -0.464 e. The molecule has 0 atom stereocenters. The van der Waals surface area contributed by atoms with Gasteiger partial charge in [-0.1, -0.05) is 22.0 Å². The van der Waals surface area contributed by atoms with Crippen molar-refractivity contribution in [2.75, 3.05) is 4.90 Å². The summed E-state index contributed by atoms with van der Waals surface area (Å²) in [5.74, 6) is -0.532. The summed E-state index contributed by atoms with van der Waals surface area (Å²) in [6.45, 7) is 1.20. The fraction of sp³-hybridized carbons (Fsp3) is 0.111.